The molecule has 19 heavy (non-hydrogen) atoms. The van der Waals surface area contributed by atoms with Crippen molar-refractivity contribution >= 4 is 41.0 Å². The Morgan fingerprint density at radius 1 is 1.37 bits per heavy atom. The summed E-state index contributed by atoms with van der Waals surface area (Å²) in [5, 5.41) is 17.4. The molecule has 0 spiro atoms. The Balaban J connectivity index is 2.90. The van der Waals surface area contributed by atoms with Gasteiger partial charge in [-0.2, -0.15) is 0 Å². The van der Waals surface area contributed by atoms with Crippen LogP contribution in [0.2, 0.25) is 10.3 Å². The molecule has 0 saturated carbocycles. The molecule has 1 atom stereocenters. The summed E-state index contributed by atoms with van der Waals surface area (Å²) in [5.41, 5.74) is 4.72. The van der Waals surface area contributed by atoms with E-state index >= 15 is 0 Å². The second-order valence-corrected chi connectivity index (χ2v) is 4.15. The number of rotatable bonds is 5. The Labute approximate surface area is 116 Å². The average molecular weight is 307 g/mol. The Bertz CT molecular complexity index is 537. The number of nitrogens with two attached hydrogens (primary N) is 1. The summed E-state index contributed by atoms with van der Waals surface area (Å²) < 4.78 is 0. The lowest BCUT2D eigenvalue weighted by molar-refractivity contribution is -0.140. The van der Waals surface area contributed by atoms with Gasteiger partial charge in [0.2, 0.25) is 5.91 Å². The summed E-state index contributed by atoms with van der Waals surface area (Å²) in [6.07, 6.45) is -0.551. The van der Waals surface area contributed by atoms with E-state index in [1.54, 1.807) is 0 Å². The third-order valence-electron chi connectivity index (χ3n) is 1.97. The number of carboxylic acid groups (broad SMARTS) is 1. The van der Waals surface area contributed by atoms with Crippen LogP contribution in [0.3, 0.4) is 0 Å². The number of carbonyl (C=O) groups is 3. The maximum absolute atomic E-state index is 11.8. The monoisotopic (exact) mass is 306 g/mol. The lowest BCUT2D eigenvalue weighted by Gasteiger charge is -2.13. The van der Waals surface area contributed by atoms with Crippen molar-refractivity contribution in [2.75, 3.05) is 0 Å². The fourth-order valence-electron chi connectivity index (χ4n) is 1.15. The second kappa shape index (κ2) is 6.30. The van der Waals surface area contributed by atoms with Crippen molar-refractivity contribution in [3.05, 3.63) is 21.9 Å². The minimum Gasteiger partial charge on any atom is -0.480 e. The van der Waals surface area contributed by atoms with E-state index in [0.29, 0.717) is 0 Å². The number of carboxylic acids is 1. The molecular formula is C9H8Cl2N4O4. The largest absolute Gasteiger partial charge is 0.480 e. The zero-order valence-electron chi connectivity index (χ0n) is 9.26. The molecule has 0 bridgehead atoms. The van der Waals surface area contributed by atoms with Crippen LogP contribution in [0.15, 0.2) is 6.07 Å². The Kier molecular flexibility index (Phi) is 5.02. The maximum Gasteiger partial charge on any atom is 0.326 e. The predicted molar refractivity (Wildman–Crippen MR) is 64.8 cm³/mol. The van der Waals surface area contributed by atoms with E-state index in [9.17, 15) is 14.4 Å². The highest BCUT2D eigenvalue weighted by atomic mass is 35.5. The van der Waals surface area contributed by atoms with E-state index < -0.39 is 30.2 Å². The molecule has 0 aliphatic heterocycles. The highest BCUT2D eigenvalue weighted by Crippen LogP contribution is 2.15. The molecule has 0 aliphatic rings. The first-order chi connectivity index (χ1) is 8.81. The van der Waals surface area contributed by atoms with Gasteiger partial charge >= 0.3 is 5.97 Å². The topological polar surface area (TPSA) is 135 Å². The summed E-state index contributed by atoms with van der Waals surface area (Å²) in [4.78, 5) is 33.3. The third kappa shape index (κ3) is 4.34. The summed E-state index contributed by atoms with van der Waals surface area (Å²) in [6, 6.07) is -0.344. The number of hydrogen-bond acceptors (Lipinski definition) is 5. The van der Waals surface area contributed by atoms with Gasteiger partial charge in [0.1, 0.15) is 6.04 Å². The van der Waals surface area contributed by atoms with E-state index in [4.69, 9.17) is 34.0 Å². The highest BCUT2D eigenvalue weighted by Gasteiger charge is 2.24. The first-order valence-corrected chi connectivity index (χ1v) is 5.57. The minimum atomic E-state index is -1.46. The van der Waals surface area contributed by atoms with Crippen molar-refractivity contribution in [2.24, 2.45) is 5.73 Å². The van der Waals surface area contributed by atoms with Gasteiger partial charge < -0.3 is 16.2 Å². The molecule has 0 aromatic carbocycles. The molecule has 102 valence electrons. The minimum absolute atomic E-state index is 0.0867. The number of primary amides is 1. The lowest BCUT2D eigenvalue weighted by Crippen LogP contribution is -2.43. The molecule has 0 fully saturated rings. The smallest absolute Gasteiger partial charge is 0.326 e. The molecule has 0 radical (unpaired) electrons. The van der Waals surface area contributed by atoms with Crippen LogP contribution in [0.25, 0.3) is 0 Å². The molecule has 1 heterocycles. The van der Waals surface area contributed by atoms with Gasteiger partial charge in [-0.15, -0.1) is 10.2 Å². The number of nitrogens with zero attached hydrogens (tertiary/aromatic N) is 2. The van der Waals surface area contributed by atoms with E-state index in [1.807, 2.05) is 0 Å². The van der Waals surface area contributed by atoms with Gasteiger partial charge in [-0.3, -0.25) is 9.59 Å². The highest BCUT2D eigenvalue weighted by molar-refractivity contribution is 6.34. The Morgan fingerprint density at radius 2 is 2.00 bits per heavy atom. The Hall–Kier alpha value is -1.93. The van der Waals surface area contributed by atoms with Crippen LogP contribution < -0.4 is 11.1 Å². The van der Waals surface area contributed by atoms with E-state index in [0.717, 1.165) is 6.07 Å². The second-order valence-electron chi connectivity index (χ2n) is 3.41. The molecule has 8 nitrogen and oxygen atoms in total. The van der Waals surface area contributed by atoms with Crippen LogP contribution in [0.1, 0.15) is 16.8 Å². The quantitative estimate of drug-likeness (QED) is 0.691. The van der Waals surface area contributed by atoms with E-state index in [-0.39, 0.29) is 15.9 Å². The normalized spacial score (nSPS) is 11.7. The summed E-state index contributed by atoms with van der Waals surface area (Å²) in [5.74, 6) is -3.13. The number of amides is 2. The van der Waals surface area contributed by atoms with Crippen LogP contribution in [0.4, 0.5) is 0 Å². The van der Waals surface area contributed by atoms with Gasteiger partial charge in [-0.25, -0.2) is 4.79 Å². The zero-order valence-corrected chi connectivity index (χ0v) is 10.8. The summed E-state index contributed by atoms with van der Waals surface area (Å²) in [6.45, 7) is 0. The lowest BCUT2D eigenvalue weighted by atomic mass is 10.2. The van der Waals surface area contributed by atoms with Gasteiger partial charge in [-0.05, 0) is 6.07 Å². The van der Waals surface area contributed by atoms with Gasteiger partial charge in [0.15, 0.2) is 10.3 Å². The molecule has 1 aromatic heterocycles. The van der Waals surface area contributed by atoms with E-state index in [1.165, 1.54) is 0 Å². The molecule has 10 heteroatoms. The van der Waals surface area contributed by atoms with Gasteiger partial charge in [0.05, 0.1) is 12.0 Å². The van der Waals surface area contributed by atoms with Crippen molar-refractivity contribution in [3.8, 4) is 0 Å². The summed E-state index contributed by atoms with van der Waals surface area (Å²) >= 11 is 11.2. The number of hydrogen-bond donors (Lipinski definition) is 3. The molecule has 4 N–H and O–H groups in total. The maximum atomic E-state index is 11.8. The zero-order chi connectivity index (χ0) is 14.6. The third-order valence-corrected chi connectivity index (χ3v) is 2.44. The van der Waals surface area contributed by atoms with Crippen LogP contribution in [0, 0.1) is 0 Å². The van der Waals surface area contributed by atoms with Crippen LogP contribution >= 0.6 is 23.2 Å². The van der Waals surface area contributed by atoms with Crippen LogP contribution in [-0.2, 0) is 9.59 Å². The number of aliphatic carboxylic acids is 1. The molecule has 0 saturated heterocycles. The van der Waals surface area contributed by atoms with Crippen molar-refractivity contribution < 1.29 is 19.5 Å². The molecule has 2 amide bonds. The molecule has 0 aliphatic carbocycles. The van der Waals surface area contributed by atoms with Gasteiger partial charge in [0.25, 0.3) is 5.91 Å². The predicted octanol–water partition coefficient (Wildman–Crippen LogP) is -0.158. The molecule has 1 rings (SSSR count). The fourth-order valence-corrected chi connectivity index (χ4v) is 1.47. The molecular weight excluding hydrogens is 299 g/mol. The molecule has 1 aromatic rings. The molecule has 0 unspecified atom stereocenters. The van der Waals surface area contributed by atoms with Crippen molar-refractivity contribution in [2.45, 2.75) is 12.5 Å². The standard InChI is InChI=1S/C9H8Cl2N4O4/c10-5-1-3(7(11)15-14-5)8(17)13-4(9(18)19)2-6(12)16/h1,4H,2H2,(H2,12,16)(H,13,17)(H,18,19)/t4-/m0/s1. The number of halogens is 2. The van der Waals surface area contributed by atoms with Crippen LogP contribution in [-0.4, -0.2) is 39.1 Å². The first-order valence-electron chi connectivity index (χ1n) is 4.82. The fraction of sp³-hybridized carbons (Fsp3) is 0.222. The van der Waals surface area contributed by atoms with Crippen molar-refractivity contribution in [3.63, 3.8) is 0 Å². The summed E-state index contributed by atoms with van der Waals surface area (Å²) in [7, 11) is 0. The van der Waals surface area contributed by atoms with Gasteiger partial charge in [0, 0.05) is 0 Å². The van der Waals surface area contributed by atoms with Crippen molar-refractivity contribution in [1.82, 2.24) is 15.5 Å². The number of carbonyl (C=O) groups excluding carboxylic acids is 2. The van der Waals surface area contributed by atoms with Crippen LogP contribution in [0.5, 0.6) is 0 Å². The first kappa shape index (κ1) is 15.1. The van der Waals surface area contributed by atoms with Gasteiger partial charge in [-0.1, -0.05) is 23.2 Å². The SMILES string of the molecule is NC(=O)C[C@H](NC(=O)c1cc(Cl)nnc1Cl)C(=O)O. The van der Waals surface area contributed by atoms with Crippen molar-refractivity contribution in [1.29, 1.82) is 0 Å². The number of nitrogens with one attached hydrogen (secondary N) is 1. The average Bonchev–Trinajstić information content (AvgIpc) is 2.30. The number of aromatic nitrogens is 2. The van der Waals surface area contributed by atoms with E-state index in [2.05, 4.69) is 15.5 Å². The Morgan fingerprint density at radius 3 is 2.53 bits per heavy atom.